The van der Waals surface area contributed by atoms with Gasteiger partial charge in [0.1, 0.15) is 10.7 Å². The topological polar surface area (TPSA) is 74.3 Å². The maximum atomic E-state index is 13.0. The number of hydrogen-bond acceptors (Lipinski definition) is 4. The average Bonchev–Trinajstić information content (AvgIpc) is 3.41. The number of urea groups is 1. The van der Waals surface area contributed by atoms with Crippen LogP contribution in [0.2, 0.25) is 10.0 Å². The molecule has 3 amide bonds. The Morgan fingerprint density at radius 3 is 2.15 bits per heavy atom. The van der Waals surface area contributed by atoms with Crippen LogP contribution in [0.5, 0.6) is 0 Å². The van der Waals surface area contributed by atoms with Crippen LogP contribution < -0.4 is 10.6 Å². The molecule has 0 atom stereocenters. The van der Waals surface area contributed by atoms with E-state index in [1.807, 2.05) is 50.2 Å². The third-order valence-corrected chi connectivity index (χ3v) is 7.84. The highest BCUT2D eigenvalue weighted by atomic mass is 35.5. The van der Waals surface area contributed by atoms with E-state index in [1.54, 1.807) is 28.5 Å². The zero-order chi connectivity index (χ0) is 27.8. The highest BCUT2D eigenvalue weighted by Gasteiger charge is 2.21. The molecule has 0 aliphatic heterocycles. The Balaban J connectivity index is 1.36. The fraction of sp³-hybridized carbons (Fsp3) is 0.233. The molecule has 0 saturated carbocycles. The van der Waals surface area contributed by atoms with Gasteiger partial charge in [-0.1, -0.05) is 83.9 Å². The molecule has 4 rings (SSSR count). The monoisotopic (exact) mass is 580 g/mol. The van der Waals surface area contributed by atoms with Crippen molar-refractivity contribution in [3.8, 4) is 0 Å². The number of benzene rings is 3. The van der Waals surface area contributed by atoms with E-state index < -0.39 is 0 Å². The molecule has 0 unspecified atom stereocenters. The lowest BCUT2D eigenvalue weighted by Crippen LogP contribution is -2.39. The summed E-state index contributed by atoms with van der Waals surface area (Å²) in [6.07, 6.45) is 0.757. The molecule has 39 heavy (non-hydrogen) atoms. The molecule has 0 spiro atoms. The van der Waals surface area contributed by atoms with Crippen LogP contribution in [0, 0.1) is 0 Å². The Kier molecular flexibility index (Phi) is 9.98. The van der Waals surface area contributed by atoms with Crippen molar-refractivity contribution in [2.24, 2.45) is 0 Å². The molecule has 202 valence electrons. The smallest absolute Gasteiger partial charge is 0.322 e. The second-order valence-corrected chi connectivity index (χ2v) is 11.1. The second-order valence-electron chi connectivity index (χ2n) is 9.33. The summed E-state index contributed by atoms with van der Waals surface area (Å²) in [4.78, 5) is 32.0. The van der Waals surface area contributed by atoms with E-state index in [0.717, 1.165) is 6.42 Å². The van der Waals surface area contributed by atoms with Gasteiger partial charge in [-0.05, 0) is 49.6 Å². The van der Waals surface area contributed by atoms with Crippen LogP contribution in [-0.4, -0.2) is 34.4 Å². The van der Waals surface area contributed by atoms with Gasteiger partial charge in [0.05, 0.1) is 16.6 Å². The molecular formula is C30H30Cl2N4O2S. The predicted molar refractivity (Wildman–Crippen MR) is 160 cm³/mol. The first kappa shape index (κ1) is 28.6. The van der Waals surface area contributed by atoms with E-state index in [9.17, 15) is 9.59 Å². The highest BCUT2D eigenvalue weighted by molar-refractivity contribution is 7.09. The van der Waals surface area contributed by atoms with Crippen molar-refractivity contribution in [3.63, 3.8) is 0 Å². The van der Waals surface area contributed by atoms with Crippen molar-refractivity contribution in [1.29, 1.82) is 0 Å². The van der Waals surface area contributed by atoms with Crippen molar-refractivity contribution >= 4 is 52.2 Å². The van der Waals surface area contributed by atoms with E-state index in [4.69, 9.17) is 23.2 Å². The minimum absolute atomic E-state index is 0.0955. The normalized spacial score (nSPS) is 11.0. The van der Waals surface area contributed by atoms with Crippen LogP contribution in [0.3, 0.4) is 0 Å². The van der Waals surface area contributed by atoms with Gasteiger partial charge in [-0.2, -0.15) is 0 Å². The third-order valence-electron chi connectivity index (χ3n) is 6.27. The SMILES string of the molecule is CC(C)N(Cc1nc(C(=O)NCCC(c2ccccc2)c2ccccc2)cs1)C(=O)Nc1ccc(Cl)c(Cl)c1. The molecule has 3 aromatic carbocycles. The Bertz CT molecular complexity index is 1360. The van der Waals surface area contributed by atoms with Gasteiger partial charge in [-0.25, -0.2) is 9.78 Å². The maximum Gasteiger partial charge on any atom is 0.322 e. The van der Waals surface area contributed by atoms with E-state index in [-0.39, 0.29) is 30.4 Å². The van der Waals surface area contributed by atoms with Crippen molar-refractivity contribution < 1.29 is 9.59 Å². The fourth-order valence-electron chi connectivity index (χ4n) is 4.21. The number of rotatable bonds is 10. The highest BCUT2D eigenvalue weighted by Crippen LogP contribution is 2.28. The molecule has 0 bridgehead atoms. The van der Waals surface area contributed by atoms with Gasteiger partial charge in [-0.15, -0.1) is 11.3 Å². The third kappa shape index (κ3) is 7.82. The van der Waals surface area contributed by atoms with Crippen LogP contribution in [-0.2, 0) is 6.54 Å². The lowest BCUT2D eigenvalue weighted by atomic mass is 9.88. The number of hydrogen-bond donors (Lipinski definition) is 2. The number of nitrogens with one attached hydrogen (secondary N) is 2. The number of nitrogens with zero attached hydrogens (tertiary/aromatic N) is 2. The summed E-state index contributed by atoms with van der Waals surface area (Å²) in [5.41, 5.74) is 3.31. The Labute approximate surface area is 243 Å². The molecule has 2 N–H and O–H groups in total. The van der Waals surface area contributed by atoms with Gasteiger partial charge >= 0.3 is 6.03 Å². The maximum absolute atomic E-state index is 13.0. The summed E-state index contributed by atoms with van der Waals surface area (Å²) in [6, 6.07) is 25.1. The molecular weight excluding hydrogens is 551 g/mol. The van der Waals surface area contributed by atoms with Crippen LogP contribution in [0.25, 0.3) is 0 Å². The molecule has 9 heteroatoms. The zero-order valence-electron chi connectivity index (χ0n) is 21.7. The van der Waals surface area contributed by atoms with Crippen LogP contribution in [0.4, 0.5) is 10.5 Å². The second kappa shape index (κ2) is 13.6. The van der Waals surface area contributed by atoms with Crippen molar-refractivity contribution in [2.45, 2.75) is 38.8 Å². The summed E-state index contributed by atoms with van der Waals surface area (Å²) in [7, 11) is 0. The summed E-state index contributed by atoms with van der Waals surface area (Å²) in [5.74, 6) is -0.0546. The number of amides is 3. The van der Waals surface area contributed by atoms with Gasteiger partial charge in [0, 0.05) is 29.6 Å². The number of anilines is 1. The number of thiazole rings is 1. The molecule has 1 heterocycles. The number of carbonyl (C=O) groups excluding carboxylic acids is 2. The lowest BCUT2D eigenvalue weighted by Gasteiger charge is -2.26. The first-order valence-corrected chi connectivity index (χ1v) is 14.3. The van der Waals surface area contributed by atoms with Crippen molar-refractivity contribution in [1.82, 2.24) is 15.2 Å². The molecule has 0 saturated heterocycles. The largest absolute Gasteiger partial charge is 0.351 e. The first-order valence-electron chi connectivity index (χ1n) is 12.7. The zero-order valence-corrected chi connectivity index (χ0v) is 24.1. The van der Waals surface area contributed by atoms with Crippen molar-refractivity contribution in [3.05, 3.63) is 116 Å². The predicted octanol–water partition coefficient (Wildman–Crippen LogP) is 7.84. The summed E-state index contributed by atoms with van der Waals surface area (Å²) in [6.45, 7) is 4.62. The van der Waals surface area contributed by atoms with Crippen molar-refractivity contribution in [2.75, 3.05) is 11.9 Å². The minimum Gasteiger partial charge on any atom is -0.351 e. The number of aromatic nitrogens is 1. The van der Waals surface area contributed by atoms with Crippen LogP contribution in [0.15, 0.2) is 84.2 Å². The number of halogens is 2. The van der Waals surface area contributed by atoms with Crippen LogP contribution in [0.1, 0.15) is 52.8 Å². The molecule has 0 aliphatic rings. The molecule has 0 fully saturated rings. The van der Waals surface area contributed by atoms with Gasteiger partial charge in [0.25, 0.3) is 5.91 Å². The quantitative estimate of drug-likeness (QED) is 0.200. The Morgan fingerprint density at radius 1 is 0.923 bits per heavy atom. The summed E-state index contributed by atoms with van der Waals surface area (Å²) >= 11 is 13.4. The van der Waals surface area contributed by atoms with Gasteiger partial charge in [0.2, 0.25) is 0 Å². The number of carbonyl (C=O) groups is 2. The molecule has 6 nitrogen and oxygen atoms in total. The van der Waals surface area contributed by atoms with Gasteiger partial charge in [-0.3, -0.25) is 4.79 Å². The molecule has 1 aromatic heterocycles. The van der Waals surface area contributed by atoms with E-state index in [1.165, 1.54) is 22.5 Å². The van der Waals surface area contributed by atoms with Gasteiger partial charge in [0.15, 0.2) is 0 Å². The lowest BCUT2D eigenvalue weighted by molar-refractivity contribution is 0.0948. The summed E-state index contributed by atoms with van der Waals surface area (Å²) in [5, 5.41) is 9.04. The molecule has 0 aliphatic carbocycles. The average molecular weight is 582 g/mol. The minimum atomic E-state index is -0.294. The molecule has 0 radical (unpaired) electrons. The Morgan fingerprint density at radius 2 is 1.56 bits per heavy atom. The van der Waals surface area contributed by atoms with Gasteiger partial charge < -0.3 is 15.5 Å². The fourth-order valence-corrected chi connectivity index (χ4v) is 5.28. The van der Waals surface area contributed by atoms with Crippen LogP contribution >= 0.6 is 34.5 Å². The van der Waals surface area contributed by atoms with E-state index >= 15 is 0 Å². The Hall–Kier alpha value is -3.39. The van der Waals surface area contributed by atoms with E-state index in [0.29, 0.717) is 33.0 Å². The molecule has 4 aromatic rings. The first-order chi connectivity index (χ1) is 18.8. The summed E-state index contributed by atoms with van der Waals surface area (Å²) < 4.78 is 0. The standard InChI is InChI=1S/C30H30Cl2N4O2S/c1-20(2)36(30(38)34-23-13-14-25(31)26(32)17-23)18-28-35-27(19-39-28)29(37)33-16-15-24(21-9-5-3-6-10-21)22-11-7-4-8-12-22/h3-14,17,19-20,24H,15-16,18H2,1-2H3,(H,33,37)(H,34,38). The van der Waals surface area contributed by atoms with E-state index in [2.05, 4.69) is 39.9 Å².